The van der Waals surface area contributed by atoms with Crippen molar-refractivity contribution < 1.29 is 13.2 Å². The van der Waals surface area contributed by atoms with Crippen LogP contribution in [0.1, 0.15) is 22.3 Å². The van der Waals surface area contributed by atoms with Crippen molar-refractivity contribution in [3.05, 3.63) is 205 Å². The number of halogens is 3. The van der Waals surface area contributed by atoms with Gasteiger partial charge in [0.25, 0.3) is 0 Å². The maximum Gasteiger partial charge on any atom is 0.417 e. The molecule has 8 aromatic carbocycles. The van der Waals surface area contributed by atoms with Crippen LogP contribution < -0.4 is 4.90 Å². The molecular formula is C55H36F3N5. The van der Waals surface area contributed by atoms with E-state index in [2.05, 4.69) is 64.2 Å². The van der Waals surface area contributed by atoms with Crippen LogP contribution in [0.15, 0.2) is 183 Å². The fourth-order valence-electron chi connectivity index (χ4n) is 9.31. The molecule has 0 N–H and O–H groups in total. The first kappa shape index (κ1) is 38.8. The van der Waals surface area contributed by atoms with Crippen LogP contribution in [0.25, 0.3) is 77.2 Å². The van der Waals surface area contributed by atoms with Crippen molar-refractivity contribution in [3.63, 3.8) is 0 Å². The zero-order valence-corrected chi connectivity index (χ0v) is 34.0. The Balaban J connectivity index is 1.38. The van der Waals surface area contributed by atoms with Crippen molar-refractivity contribution in [2.45, 2.75) is 12.6 Å². The Morgan fingerprint density at radius 2 is 1.21 bits per heavy atom. The number of fused-ring (bicyclic) bond motifs is 6. The molecule has 63 heavy (non-hydrogen) atoms. The van der Waals surface area contributed by atoms with E-state index in [0.29, 0.717) is 28.9 Å². The minimum absolute atomic E-state index is 0.110. The zero-order chi connectivity index (χ0) is 43.4. The molecule has 2 heterocycles. The fourth-order valence-corrected chi connectivity index (χ4v) is 9.31. The van der Waals surface area contributed by atoms with Gasteiger partial charge in [0, 0.05) is 51.1 Å². The first-order valence-electron chi connectivity index (χ1n) is 20.4. The number of hydrogen-bond acceptors (Lipinski definition) is 3. The summed E-state index contributed by atoms with van der Waals surface area (Å²) < 4.78 is 50.3. The minimum atomic E-state index is -4.81. The van der Waals surface area contributed by atoms with Crippen LogP contribution in [0.2, 0.25) is 0 Å². The smallest absolute Gasteiger partial charge is 0.344 e. The second-order valence-corrected chi connectivity index (χ2v) is 15.5. The van der Waals surface area contributed by atoms with Gasteiger partial charge in [-0.25, -0.2) is 0 Å². The van der Waals surface area contributed by atoms with Gasteiger partial charge in [0.2, 0.25) is 0 Å². The molecule has 0 saturated heterocycles. The largest absolute Gasteiger partial charge is 0.417 e. The third-order valence-corrected chi connectivity index (χ3v) is 12.0. The monoisotopic (exact) mass is 823 g/mol. The zero-order valence-electron chi connectivity index (χ0n) is 34.0. The SMILES string of the molecule is C=CCc1ccccc1N(C)c1cccc(C#N)c1-c1c(-c2ccc(C#N)cc2C(F)(F)F)cccc1-n1c2ccccc2c2cc3c4ccccc4n(-c4ccccc4)c3cc21. The van der Waals surface area contributed by atoms with Crippen LogP contribution in [-0.4, -0.2) is 16.2 Å². The highest BCUT2D eigenvalue weighted by Crippen LogP contribution is 2.50. The van der Waals surface area contributed by atoms with Crippen molar-refractivity contribution >= 4 is 55.0 Å². The number of hydrogen-bond donors (Lipinski definition) is 0. The Kier molecular flexibility index (Phi) is 9.43. The predicted molar refractivity (Wildman–Crippen MR) is 249 cm³/mol. The molecule has 0 aliphatic heterocycles. The molecule has 0 saturated carbocycles. The maximum absolute atomic E-state index is 15.3. The van der Waals surface area contributed by atoms with E-state index in [1.54, 1.807) is 24.3 Å². The maximum atomic E-state index is 15.3. The quantitative estimate of drug-likeness (QED) is 0.143. The highest BCUT2D eigenvalue weighted by molar-refractivity contribution is 6.19. The van der Waals surface area contributed by atoms with Crippen molar-refractivity contribution in [1.82, 2.24) is 9.13 Å². The molecule has 302 valence electrons. The summed E-state index contributed by atoms with van der Waals surface area (Å²) in [5.74, 6) is 0. The van der Waals surface area contributed by atoms with Crippen LogP contribution in [0.5, 0.6) is 0 Å². The van der Waals surface area contributed by atoms with Crippen LogP contribution in [-0.2, 0) is 12.6 Å². The fraction of sp³-hybridized carbons (Fsp3) is 0.0545. The van der Waals surface area contributed by atoms with Gasteiger partial charge >= 0.3 is 6.18 Å². The third kappa shape index (κ3) is 6.31. The predicted octanol–water partition coefficient (Wildman–Crippen LogP) is 14.5. The number of benzene rings is 8. The van der Waals surface area contributed by atoms with E-state index in [4.69, 9.17) is 0 Å². The topological polar surface area (TPSA) is 60.7 Å². The van der Waals surface area contributed by atoms with E-state index in [0.717, 1.165) is 66.6 Å². The average molecular weight is 824 g/mol. The van der Waals surface area contributed by atoms with Crippen LogP contribution >= 0.6 is 0 Å². The van der Waals surface area contributed by atoms with Crippen molar-refractivity contribution in [2.24, 2.45) is 0 Å². The molecule has 10 aromatic rings. The summed E-state index contributed by atoms with van der Waals surface area (Å²) in [5.41, 5.74) is 7.96. The lowest BCUT2D eigenvalue weighted by Gasteiger charge is -2.28. The highest BCUT2D eigenvalue weighted by atomic mass is 19.4. The van der Waals surface area contributed by atoms with Gasteiger partial charge in [-0.3, -0.25) is 0 Å². The first-order chi connectivity index (χ1) is 30.7. The number of aromatic nitrogens is 2. The molecule has 0 aliphatic rings. The van der Waals surface area contributed by atoms with E-state index < -0.39 is 11.7 Å². The van der Waals surface area contributed by atoms with Crippen molar-refractivity contribution in [3.8, 4) is 45.8 Å². The molecule has 0 unspecified atom stereocenters. The molecule has 0 bridgehead atoms. The van der Waals surface area contributed by atoms with E-state index in [9.17, 15) is 10.5 Å². The van der Waals surface area contributed by atoms with Crippen LogP contribution in [0, 0.1) is 22.7 Å². The van der Waals surface area contributed by atoms with Gasteiger partial charge in [-0.15, -0.1) is 6.58 Å². The van der Waals surface area contributed by atoms with Crippen molar-refractivity contribution in [1.29, 1.82) is 10.5 Å². The summed E-state index contributed by atoms with van der Waals surface area (Å²) in [6, 6.07) is 57.6. The summed E-state index contributed by atoms with van der Waals surface area (Å²) >= 11 is 0. The average Bonchev–Trinajstić information content (AvgIpc) is 3.82. The summed E-state index contributed by atoms with van der Waals surface area (Å²) in [5, 5.41) is 24.8. The molecule has 0 aliphatic carbocycles. The lowest BCUT2D eigenvalue weighted by molar-refractivity contribution is -0.137. The van der Waals surface area contributed by atoms with Gasteiger partial charge < -0.3 is 14.0 Å². The standard InChI is InChI=1S/C55H36F3N5/c1-3-15-36-16-7-10-23-46(36)61(2)49-26-13-17-37(34-60)53(49)54-42(39-29-28-35(33-59)30-45(39)55(56,57)58)22-14-27-50(54)63-48-25-12-9-21-41(48)44-31-43-40-20-8-11-24-47(40)62(51(43)32-52(44)63)38-18-5-4-6-19-38/h3-14,16-32H,1,15H2,2H3. The number of nitriles is 2. The lowest BCUT2D eigenvalue weighted by Crippen LogP contribution is -2.14. The number of nitrogens with zero attached hydrogens (tertiary/aromatic N) is 5. The molecule has 8 heteroatoms. The summed E-state index contributed by atoms with van der Waals surface area (Å²) in [7, 11) is 1.91. The Morgan fingerprint density at radius 3 is 1.90 bits per heavy atom. The number of allylic oxidation sites excluding steroid dienone is 1. The second kappa shape index (κ2) is 15.3. The minimum Gasteiger partial charge on any atom is -0.344 e. The van der Waals surface area contributed by atoms with Crippen molar-refractivity contribution in [2.75, 3.05) is 11.9 Å². The van der Waals surface area contributed by atoms with E-state index >= 15 is 13.2 Å². The van der Waals surface area contributed by atoms with Crippen LogP contribution in [0.4, 0.5) is 24.5 Å². The molecule has 0 fully saturated rings. The normalized spacial score (nSPS) is 11.6. The summed E-state index contributed by atoms with van der Waals surface area (Å²) in [4.78, 5) is 1.99. The number of rotatable bonds is 8. The summed E-state index contributed by atoms with van der Waals surface area (Å²) in [6.07, 6.45) is -2.41. The molecule has 0 radical (unpaired) electrons. The highest BCUT2D eigenvalue weighted by Gasteiger charge is 2.36. The molecule has 0 spiro atoms. The van der Waals surface area contributed by atoms with E-state index in [-0.39, 0.29) is 22.3 Å². The molecule has 2 aromatic heterocycles. The molecule has 0 atom stereocenters. The van der Waals surface area contributed by atoms with Gasteiger partial charge in [0.1, 0.15) is 0 Å². The molecule has 5 nitrogen and oxygen atoms in total. The van der Waals surface area contributed by atoms with Gasteiger partial charge in [0.15, 0.2) is 0 Å². The second-order valence-electron chi connectivity index (χ2n) is 15.5. The first-order valence-corrected chi connectivity index (χ1v) is 20.4. The molecule has 10 rings (SSSR count). The van der Waals surface area contributed by atoms with Gasteiger partial charge in [-0.2, -0.15) is 23.7 Å². The van der Waals surface area contributed by atoms with E-state index in [1.807, 2.05) is 109 Å². The Bertz CT molecular complexity index is 3540. The molecule has 0 amide bonds. The summed E-state index contributed by atoms with van der Waals surface area (Å²) in [6.45, 7) is 3.97. The third-order valence-electron chi connectivity index (χ3n) is 12.0. The van der Waals surface area contributed by atoms with Gasteiger partial charge in [-0.05, 0) is 95.9 Å². The van der Waals surface area contributed by atoms with Gasteiger partial charge in [-0.1, -0.05) is 103 Å². The van der Waals surface area contributed by atoms with E-state index in [1.165, 1.54) is 12.1 Å². The number of alkyl halides is 3. The van der Waals surface area contributed by atoms with Crippen LogP contribution in [0.3, 0.4) is 0 Å². The Hall–Kier alpha value is -8.33. The number of anilines is 2. The molecular weight excluding hydrogens is 788 g/mol. The Morgan fingerprint density at radius 1 is 0.571 bits per heavy atom. The number of para-hydroxylation sites is 4. The Labute approximate surface area is 361 Å². The lowest BCUT2D eigenvalue weighted by atomic mass is 9.86. The van der Waals surface area contributed by atoms with Gasteiger partial charge in [0.05, 0.1) is 62.3 Å².